The smallest absolute Gasteiger partial charge is 0.146 e. The van der Waals surface area contributed by atoms with Crippen LogP contribution in [0.1, 0.15) is 30.9 Å². The highest BCUT2D eigenvalue weighted by atomic mass is 79.9. The summed E-state index contributed by atoms with van der Waals surface area (Å²) in [5, 5.41) is 3.39. The van der Waals surface area contributed by atoms with Crippen LogP contribution in [0.3, 0.4) is 0 Å². The SMILES string of the molecule is Cc1cc(COc2cncc(Br)c2)oc1CNCC(C)C. The van der Waals surface area contributed by atoms with Crippen LogP contribution >= 0.6 is 15.9 Å². The Bertz CT molecular complexity index is 581. The predicted molar refractivity (Wildman–Crippen MR) is 86.3 cm³/mol. The lowest BCUT2D eigenvalue weighted by atomic mass is 10.2. The molecule has 0 bridgehead atoms. The van der Waals surface area contributed by atoms with E-state index in [9.17, 15) is 0 Å². The van der Waals surface area contributed by atoms with E-state index in [1.54, 1.807) is 12.4 Å². The summed E-state index contributed by atoms with van der Waals surface area (Å²) in [4.78, 5) is 4.06. The van der Waals surface area contributed by atoms with Crippen molar-refractivity contribution in [2.24, 2.45) is 5.92 Å². The van der Waals surface area contributed by atoms with E-state index in [1.165, 1.54) is 0 Å². The predicted octanol–water partition coefficient (Wildman–Crippen LogP) is 4.07. The monoisotopic (exact) mass is 352 g/mol. The molecule has 0 atom stereocenters. The van der Waals surface area contributed by atoms with Crippen molar-refractivity contribution in [1.82, 2.24) is 10.3 Å². The van der Waals surface area contributed by atoms with Crippen molar-refractivity contribution < 1.29 is 9.15 Å². The number of nitrogens with zero attached hydrogens (tertiary/aromatic N) is 1. The van der Waals surface area contributed by atoms with E-state index < -0.39 is 0 Å². The number of ether oxygens (including phenoxy) is 1. The van der Waals surface area contributed by atoms with Crippen LogP contribution in [0.15, 0.2) is 33.4 Å². The van der Waals surface area contributed by atoms with Gasteiger partial charge in [0.2, 0.25) is 0 Å². The summed E-state index contributed by atoms with van der Waals surface area (Å²) in [6.07, 6.45) is 3.41. The largest absolute Gasteiger partial charge is 0.484 e. The highest BCUT2D eigenvalue weighted by Crippen LogP contribution is 2.19. The van der Waals surface area contributed by atoms with Gasteiger partial charge in [-0.3, -0.25) is 4.98 Å². The zero-order chi connectivity index (χ0) is 15.2. The van der Waals surface area contributed by atoms with Gasteiger partial charge < -0.3 is 14.5 Å². The molecule has 0 spiro atoms. The molecule has 0 saturated heterocycles. The molecule has 0 radical (unpaired) electrons. The average Bonchev–Trinajstić information content (AvgIpc) is 2.77. The van der Waals surface area contributed by atoms with E-state index in [0.717, 1.165) is 40.4 Å². The zero-order valence-electron chi connectivity index (χ0n) is 12.6. The summed E-state index contributed by atoms with van der Waals surface area (Å²) in [7, 11) is 0. The molecular formula is C16H21BrN2O2. The highest BCUT2D eigenvalue weighted by Gasteiger charge is 2.08. The molecule has 0 saturated carbocycles. The third-order valence-electron chi connectivity index (χ3n) is 2.97. The second-order valence-corrected chi connectivity index (χ2v) is 6.39. The maximum Gasteiger partial charge on any atom is 0.146 e. The average molecular weight is 353 g/mol. The number of hydrogen-bond acceptors (Lipinski definition) is 4. The Morgan fingerprint density at radius 1 is 1.33 bits per heavy atom. The van der Waals surface area contributed by atoms with Crippen molar-refractivity contribution in [2.45, 2.75) is 33.9 Å². The number of hydrogen-bond donors (Lipinski definition) is 1. The lowest BCUT2D eigenvalue weighted by Gasteiger charge is -2.06. The minimum Gasteiger partial charge on any atom is -0.484 e. The van der Waals surface area contributed by atoms with Gasteiger partial charge in [0.15, 0.2) is 0 Å². The standard InChI is InChI=1S/C16H21BrN2O2/c1-11(2)6-18-9-16-12(3)4-15(21-16)10-20-14-5-13(17)7-19-8-14/h4-5,7-8,11,18H,6,9-10H2,1-3H3. The van der Waals surface area contributed by atoms with Gasteiger partial charge in [0.05, 0.1) is 12.7 Å². The lowest BCUT2D eigenvalue weighted by molar-refractivity contribution is 0.263. The Hall–Kier alpha value is -1.33. The summed E-state index contributed by atoms with van der Waals surface area (Å²) in [5.41, 5.74) is 1.15. The molecule has 21 heavy (non-hydrogen) atoms. The first kappa shape index (κ1) is 16.0. The summed E-state index contributed by atoms with van der Waals surface area (Å²) in [5.74, 6) is 3.15. The molecule has 2 heterocycles. The van der Waals surface area contributed by atoms with Crippen LogP contribution in [0, 0.1) is 12.8 Å². The van der Waals surface area contributed by atoms with Crippen LogP contribution in [0.2, 0.25) is 0 Å². The third kappa shape index (κ3) is 5.17. The maximum absolute atomic E-state index is 5.83. The van der Waals surface area contributed by atoms with Crippen LogP contribution < -0.4 is 10.1 Å². The Kier molecular flexibility index (Phi) is 5.82. The molecule has 0 fully saturated rings. The fourth-order valence-corrected chi connectivity index (χ4v) is 2.28. The van der Waals surface area contributed by atoms with Crippen LogP contribution in [0.4, 0.5) is 0 Å². The topological polar surface area (TPSA) is 47.3 Å². The molecule has 4 nitrogen and oxygen atoms in total. The number of pyridine rings is 1. The first-order valence-corrected chi connectivity index (χ1v) is 7.86. The van der Waals surface area contributed by atoms with Crippen LogP contribution in [-0.4, -0.2) is 11.5 Å². The van der Waals surface area contributed by atoms with Gasteiger partial charge in [-0.05, 0) is 53.0 Å². The molecule has 2 aromatic heterocycles. The molecule has 0 amide bonds. The lowest BCUT2D eigenvalue weighted by Crippen LogP contribution is -2.18. The molecule has 1 N–H and O–H groups in total. The van der Waals surface area contributed by atoms with E-state index >= 15 is 0 Å². The summed E-state index contributed by atoms with van der Waals surface area (Å²) < 4.78 is 12.4. The van der Waals surface area contributed by atoms with E-state index in [0.29, 0.717) is 12.5 Å². The molecule has 0 aromatic carbocycles. The van der Waals surface area contributed by atoms with Crippen molar-refractivity contribution >= 4 is 15.9 Å². The second kappa shape index (κ2) is 7.61. The minimum absolute atomic E-state index is 0.406. The normalized spacial score (nSPS) is 11.1. The summed E-state index contributed by atoms with van der Waals surface area (Å²) in [6.45, 7) is 8.57. The van der Waals surface area contributed by atoms with Gasteiger partial charge in [0.25, 0.3) is 0 Å². The van der Waals surface area contributed by atoms with Gasteiger partial charge in [-0.1, -0.05) is 13.8 Å². The van der Waals surface area contributed by atoms with Gasteiger partial charge in [-0.15, -0.1) is 0 Å². The first-order valence-electron chi connectivity index (χ1n) is 7.07. The fraction of sp³-hybridized carbons (Fsp3) is 0.438. The maximum atomic E-state index is 5.83. The van der Waals surface area contributed by atoms with Crippen LogP contribution in [-0.2, 0) is 13.2 Å². The Balaban J connectivity index is 1.89. The Morgan fingerprint density at radius 3 is 2.86 bits per heavy atom. The molecule has 2 rings (SSSR count). The summed E-state index contributed by atoms with van der Waals surface area (Å²) in [6, 6.07) is 3.91. The van der Waals surface area contributed by atoms with Crippen molar-refractivity contribution in [1.29, 1.82) is 0 Å². The van der Waals surface area contributed by atoms with Crippen LogP contribution in [0.25, 0.3) is 0 Å². The van der Waals surface area contributed by atoms with Crippen molar-refractivity contribution in [3.63, 3.8) is 0 Å². The fourth-order valence-electron chi connectivity index (χ4n) is 1.94. The number of furan rings is 1. The molecular weight excluding hydrogens is 332 g/mol. The van der Waals surface area contributed by atoms with Crippen LogP contribution in [0.5, 0.6) is 5.75 Å². The molecule has 0 unspecified atom stereocenters. The minimum atomic E-state index is 0.406. The van der Waals surface area contributed by atoms with E-state index in [4.69, 9.17) is 9.15 Å². The van der Waals surface area contributed by atoms with Crippen molar-refractivity contribution in [2.75, 3.05) is 6.54 Å². The van der Waals surface area contributed by atoms with Crippen molar-refractivity contribution in [3.05, 3.63) is 46.1 Å². The number of nitrogens with one attached hydrogen (secondary N) is 1. The Morgan fingerprint density at radius 2 is 2.14 bits per heavy atom. The van der Waals surface area contributed by atoms with Gasteiger partial charge in [-0.25, -0.2) is 0 Å². The molecule has 5 heteroatoms. The first-order chi connectivity index (χ1) is 10.0. The zero-order valence-corrected chi connectivity index (χ0v) is 14.2. The number of aryl methyl sites for hydroxylation is 1. The molecule has 0 aliphatic rings. The number of halogens is 1. The van der Waals surface area contributed by atoms with E-state index in [-0.39, 0.29) is 0 Å². The van der Waals surface area contributed by atoms with Gasteiger partial charge >= 0.3 is 0 Å². The third-order valence-corrected chi connectivity index (χ3v) is 3.40. The summed E-state index contributed by atoms with van der Waals surface area (Å²) >= 11 is 3.37. The number of aromatic nitrogens is 1. The van der Waals surface area contributed by atoms with Crippen molar-refractivity contribution in [3.8, 4) is 5.75 Å². The van der Waals surface area contributed by atoms with Gasteiger partial charge in [0, 0.05) is 10.7 Å². The van der Waals surface area contributed by atoms with Gasteiger partial charge in [0.1, 0.15) is 23.9 Å². The molecule has 2 aromatic rings. The van der Waals surface area contributed by atoms with E-state index in [1.807, 2.05) is 12.1 Å². The Labute approximate surface area is 134 Å². The molecule has 0 aliphatic carbocycles. The second-order valence-electron chi connectivity index (χ2n) is 5.47. The molecule has 114 valence electrons. The highest BCUT2D eigenvalue weighted by molar-refractivity contribution is 9.10. The van der Waals surface area contributed by atoms with Gasteiger partial charge in [-0.2, -0.15) is 0 Å². The number of rotatable bonds is 7. The van der Waals surface area contributed by atoms with E-state index in [2.05, 4.69) is 47.0 Å². The quantitative estimate of drug-likeness (QED) is 0.815. The molecule has 0 aliphatic heterocycles.